The van der Waals surface area contributed by atoms with E-state index in [0.29, 0.717) is 24.9 Å². The first-order chi connectivity index (χ1) is 17.3. The van der Waals surface area contributed by atoms with Crippen LogP contribution in [0, 0.1) is 13.8 Å². The van der Waals surface area contributed by atoms with Crippen LogP contribution in [-0.2, 0) is 4.79 Å². The second kappa shape index (κ2) is 10.3. The lowest BCUT2D eigenvalue weighted by Gasteiger charge is -2.35. The Labute approximate surface area is 214 Å². The molecule has 6 heteroatoms. The highest BCUT2D eigenvalue weighted by Crippen LogP contribution is 2.38. The Kier molecular flexibility index (Phi) is 7.18. The number of pyridine rings is 1. The van der Waals surface area contributed by atoms with E-state index in [0.717, 1.165) is 56.7 Å². The van der Waals surface area contributed by atoms with Gasteiger partial charge < -0.3 is 15.0 Å². The third kappa shape index (κ3) is 5.21. The molecule has 2 aliphatic rings. The fourth-order valence-corrected chi connectivity index (χ4v) is 6.19. The predicted octanol–water partition coefficient (Wildman–Crippen LogP) is 5.13. The Hall–Kier alpha value is -2.70. The van der Waals surface area contributed by atoms with Gasteiger partial charge in [-0.25, -0.2) is 0 Å². The van der Waals surface area contributed by atoms with E-state index in [1.54, 1.807) is 0 Å². The number of amides is 1. The first-order valence-corrected chi connectivity index (χ1v) is 13.6. The Morgan fingerprint density at radius 3 is 2.47 bits per heavy atom. The van der Waals surface area contributed by atoms with Crippen molar-refractivity contribution < 1.29 is 9.90 Å². The number of hydrogen-bond donors (Lipinski definition) is 2. The molecule has 6 nitrogen and oxygen atoms in total. The molecule has 0 saturated carbocycles. The number of likely N-dealkylation sites (tertiary alicyclic amines) is 2. The van der Waals surface area contributed by atoms with Gasteiger partial charge in [0.25, 0.3) is 0 Å². The van der Waals surface area contributed by atoms with Gasteiger partial charge in [0.15, 0.2) is 0 Å². The Balaban J connectivity index is 1.32. The van der Waals surface area contributed by atoms with Gasteiger partial charge in [-0.1, -0.05) is 19.9 Å². The van der Waals surface area contributed by atoms with Gasteiger partial charge in [-0.2, -0.15) is 0 Å². The number of nitrogens with zero attached hydrogens (tertiary/aromatic N) is 3. The van der Waals surface area contributed by atoms with Crippen molar-refractivity contribution in [2.24, 2.45) is 0 Å². The van der Waals surface area contributed by atoms with Crippen molar-refractivity contribution in [3.05, 3.63) is 52.8 Å². The summed E-state index contributed by atoms with van der Waals surface area (Å²) in [5.74, 6) is 1.08. The minimum absolute atomic E-state index is 0.164. The second-order valence-electron chi connectivity index (χ2n) is 11.2. The van der Waals surface area contributed by atoms with E-state index in [4.69, 9.17) is 0 Å². The Morgan fingerprint density at radius 2 is 1.81 bits per heavy atom. The van der Waals surface area contributed by atoms with E-state index in [1.165, 1.54) is 33.3 Å². The molecule has 0 aliphatic carbocycles. The molecule has 2 N–H and O–H groups in total. The van der Waals surface area contributed by atoms with E-state index in [9.17, 15) is 9.90 Å². The summed E-state index contributed by atoms with van der Waals surface area (Å²) in [4.78, 5) is 25.2. The standard InChI is InChI=1S/C30H40N4O2/c1-19(2)29-26-16-23(7-8-27(26)32-30(29)24-14-20(3)31-21(4)15-24)22-9-12-33(13-10-22)18-28(36)34-11-5-6-25(35)17-34/h7-8,14-16,19,22,25,32,35H,5-6,9-13,17-18H2,1-4H3/t25-/m0/s1. The molecule has 2 aliphatic heterocycles. The van der Waals surface area contributed by atoms with Gasteiger partial charge >= 0.3 is 0 Å². The minimum Gasteiger partial charge on any atom is -0.391 e. The number of aromatic amines is 1. The topological polar surface area (TPSA) is 72.5 Å². The molecule has 2 saturated heterocycles. The molecule has 36 heavy (non-hydrogen) atoms. The number of aryl methyl sites for hydroxylation is 2. The SMILES string of the molecule is Cc1cc(-c2[nH]c3ccc(C4CCN(CC(=O)N5CCC[C@H](O)C5)CC4)cc3c2C(C)C)cc(C)n1. The number of carbonyl (C=O) groups is 1. The lowest BCUT2D eigenvalue weighted by Crippen LogP contribution is -2.47. The number of aromatic nitrogens is 2. The number of rotatable bonds is 5. The molecule has 0 unspecified atom stereocenters. The van der Waals surface area contributed by atoms with Crippen molar-refractivity contribution in [2.45, 2.75) is 71.3 Å². The molecule has 1 atom stereocenters. The summed E-state index contributed by atoms with van der Waals surface area (Å²) in [5, 5.41) is 11.2. The third-order valence-electron chi connectivity index (χ3n) is 7.98. The van der Waals surface area contributed by atoms with Gasteiger partial charge in [0.05, 0.1) is 18.3 Å². The van der Waals surface area contributed by atoms with Gasteiger partial charge in [-0.3, -0.25) is 14.7 Å². The van der Waals surface area contributed by atoms with Crippen molar-refractivity contribution in [1.29, 1.82) is 0 Å². The fourth-order valence-electron chi connectivity index (χ4n) is 6.19. The van der Waals surface area contributed by atoms with Crippen molar-refractivity contribution >= 4 is 16.8 Å². The van der Waals surface area contributed by atoms with Gasteiger partial charge in [0, 0.05) is 40.9 Å². The predicted molar refractivity (Wildman–Crippen MR) is 145 cm³/mol. The zero-order valence-corrected chi connectivity index (χ0v) is 22.2. The van der Waals surface area contributed by atoms with Crippen LogP contribution in [0.4, 0.5) is 0 Å². The van der Waals surface area contributed by atoms with Crippen molar-refractivity contribution in [3.8, 4) is 11.3 Å². The largest absolute Gasteiger partial charge is 0.391 e. The maximum atomic E-state index is 12.7. The highest BCUT2D eigenvalue weighted by molar-refractivity contribution is 5.92. The zero-order chi connectivity index (χ0) is 25.4. The number of fused-ring (bicyclic) bond motifs is 1. The smallest absolute Gasteiger partial charge is 0.236 e. The number of benzene rings is 1. The maximum absolute atomic E-state index is 12.7. The van der Waals surface area contributed by atoms with E-state index >= 15 is 0 Å². The van der Waals surface area contributed by atoms with E-state index in [-0.39, 0.29) is 12.0 Å². The van der Waals surface area contributed by atoms with Gasteiger partial charge in [-0.05, 0) is 99.8 Å². The number of carbonyl (C=O) groups excluding carboxylic acids is 1. The molecule has 2 fully saturated rings. The van der Waals surface area contributed by atoms with Crippen molar-refractivity contribution in [1.82, 2.24) is 19.8 Å². The molecule has 0 spiro atoms. The summed E-state index contributed by atoms with van der Waals surface area (Å²) >= 11 is 0. The highest BCUT2D eigenvalue weighted by Gasteiger charge is 2.27. The van der Waals surface area contributed by atoms with Crippen LogP contribution in [0.1, 0.15) is 73.9 Å². The normalized spacial score (nSPS) is 19.9. The second-order valence-corrected chi connectivity index (χ2v) is 11.2. The molecule has 1 amide bonds. The van der Waals surface area contributed by atoms with Crippen LogP contribution in [-0.4, -0.2) is 69.6 Å². The van der Waals surface area contributed by atoms with Crippen molar-refractivity contribution in [3.63, 3.8) is 0 Å². The summed E-state index contributed by atoms with van der Waals surface area (Å²) in [6, 6.07) is 11.3. The Bertz CT molecular complexity index is 1220. The number of nitrogens with one attached hydrogen (secondary N) is 1. The number of hydrogen-bond acceptors (Lipinski definition) is 4. The van der Waals surface area contributed by atoms with Gasteiger partial charge in [-0.15, -0.1) is 0 Å². The summed E-state index contributed by atoms with van der Waals surface area (Å²) in [7, 11) is 0. The summed E-state index contributed by atoms with van der Waals surface area (Å²) in [6.45, 7) is 12.3. The van der Waals surface area contributed by atoms with Crippen LogP contribution in [0.2, 0.25) is 0 Å². The lowest BCUT2D eigenvalue weighted by atomic mass is 9.87. The van der Waals surface area contributed by atoms with Crippen LogP contribution >= 0.6 is 0 Å². The number of piperidine rings is 2. The van der Waals surface area contributed by atoms with Crippen LogP contribution in [0.5, 0.6) is 0 Å². The lowest BCUT2D eigenvalue weighted by molar-refractivity contribution is -0.135. The van der Waals surface area contributed by atoms with Gasteiger partial charge in [0.2, 0.25) is 5.91 Å². The van der Waals surface area contributed by atoms with E-state index in [2.05, 4.69) is 72.9 Å². The summed E-state index contributed by atoms with van der Waals surface area (Å²) < 4.78 is 0. The summed E-state index contributed by atoms with van der Waals surface area (Å²) in [5.41, 5.74) is 8.48. The monoisotopic (exact) mass is 488 g/mol. The highest BCUT2D eigenvalue weighted by atomic mass is 16.3. The molecule has 192 valence electrons. The van der Waals surface area contributed by atoms with Crippen LogP contribution in [0.25, 0.3) is 22.2 Å². The average molecular weight is 489 g/mol. The maximum Gasteiger partial charge on any atom is 0.236 e. The number of aliphatic hydroxyl groups excluding tert-OH is 1. The molecular formula is C30H40N4O2. The molecule has 1 aromatic carbocycles. The summed E-state index contributed by atoms with van der Waals surface area (Å²) in [6.07, 6.45) is 3.48. The van der Waals surface area contributed by atoms with Crippen molar-refractivity contribution in [2.75, 3.05) is 32.7 Å². The molecule has 0 bridgehead atoms. The zero-order valence-electron chi connectivity index (χ0n) is 22.2. The van der Waals surface area contributed by atoms with Crippen LogP contribution in [0.3, 0.4) is 0 Å². The van der Waals surface area contributed by atoms with Crippen LogP contribution < -0.4 is 0 Å². The van der Waals surface area contributed by atoms with E-state index < -0.39 is 0 Å². The first-order valence-electron chi connectivity index (χ1n) is 13.6. The third-order valence-corrected chi connectivity index (χ3v) is 7.98. The quantitative estimate of drug-likeness (QED) is 0.522. The molecule has 3 aromatic rings. The van der Waals surface area contributed by atoms with E-state index in [1.807, 2.05) is 4.90 Å². The molecule has 0 radical (unpaired) electrons. The van der Waals surface area contributed by atoms with Gasteiger partial charge in [0.1, 0.15) is 0 Å². The Morgan fingerprint density at radius 1 is 1.08 bits per heavy atom. The molecule has 2 aromatic heterocycles. The molecule has 5 rings (SSSR count). The molecular weight excluding hydrogens is 448 g/mol. The first kappa shape index (κ1) is 25.0. The number of H-pyrrole nitrogens is 1. The fraction of sp³-hybridized carbons (Fsp3) is 0.533. The van der Waals surface area contributed by atoms with Crippen LogP contribution in [0.15, 0.2) is 30.3 Å². The molecule has 4 heterocycles. The minimum atomic E-state index is -0.361. The number of β-amino-alcohol motifs (C(OH)–C–C–N with tert-alkyl or cyclic N) is 1. The average Bonchev–Trinajstić information content (AvgIpc) is 3.23. The number of aliphatic hydroxyl groups is 1.